The molecule has 2 atom stereocenters. The van der Waals surface area contributed by atoms with Crippen LogP contribution in [0.15, 0.2) is 27.5 Å². The number of Topliss-reactive ketones (excluding diaryl/α,β-unsaturated/α-hetero) is 1. The standard InChI is InChI=1S/C19H17FN2O4S/c1-21-5-8-7-27-18-12(8)13-10(17(24)14(18)19(25)26)4-11(20)15(16(13)21)22-3-2-9(23)6-22/h4,7,9,12,23H,2-3,5-6H2,1H3,(H,25,26). The monoisotopic (exact) mass is 388 g/mol. The van der Waals surface area contributed by atoms with Gasteiger partial charge in [0.25, 0.3) is 0 Å². The van der Waals surface area contributed by atoms with E-state index in [9.17, 15) is 19.8 Å². The molecule has 1 aromatic rings. The van der Waals surface area contributed by atoms with E-state index in [4.69, 9.17) is 0 Å². The zero-order valence-electron chi connectivity index (χ0n) is 14.5. The summed E-state index contributed by atoms with van der Waals surface area (Å²) in [7, 11) is 1.85. The van der Waals surface area contributed by atoms with Gasteiger partial charge in [0.1, 0.15) is 11.4 Å². The number of thioether (sulfide) groups is 1. The lowest BCUT2D eigenvalue weighted by Crippen LogP contribution is -2.36. The van der Waals surface area contributed by atoms with E-state index < -0.39 is 23.7 Å². The van der Waals surface area contributed by atoms with E-state index in [0.29, 0.717) is 47.9 Å². The number of hydrogen-bond acceptors (Lipinski definition) is 6. The molecule has 27 heavy (non-hydrogen) atoms. The van der Waals surface area contributed by atoms with E-state index in [1.165, 1.54) is 17.8 Å². The van der Waals surface area contributed by atoms with E-state index >= 15 is 4.39 Å². The summed E-state index contributed by atoms with van der Waals surface area (Å²) in [6.07, 6.45) is 0.0619. The zero-order chi connectivity index (χ0) is 19.0. The number of carboxylic acid groups (broad SMARTS) is 1. The molecule has 1 aromatic carbocycles. The van der Waals surface area contributed by atoms with Crippen molar-refractivity contribution < 1.29 is 24.2 Å². The molecule has 4 aliphatic rings. The van der Waals surface area contributed by atoms with Crippen LogP contribution in [0.1, 0.15) is 28.3 Å². The fourth-order valence-electron chi connectivity index (χ4n) is 4.65. The Balaban J connectivity index is 1.80. The Labute approximate surface area is 158 Å². The second-order valence-electron chi connectivity index (χ2n) is 7.38. The number of hydrogen-bond donors (Lipinski definition) is 2. The summed E-state index contributed by atoms with van der Waals surface area (Å²) < 4.78 is 15.2. The molecule has 1 aliphatic carbocycles. The summed E-state index contributed by atoms with van der Waals surface area (Å²) in [6, 6.07) is 1.18. The van der Waals surface area contributed by atoms with Gasteiger partial charge in [0.15, 0.2) is 0 Å². The van der Waals surface area contributed by atoms with Crippen LogP contribution in [0.5, 0.6) is 0 Å². The number of anilines is 2. The number of carboxylic acids is 1. The molecule has 8 heteroatoms. The Bertz CT molecular complexity index is 986. The fraction of sp³-hybridized carbons (Fsp3) is 0.368. The topological polar surface area (TPSA) is 81.1 Å². The average molecular weight is 388 g/mol. The number of likely N-dealkylation sites (N-methyl/N-ethyl adjacent to an activating group) is 1. The Hall–Kier alpha value is -2.32. The fourth-order valence-corrected chi connectivity index (χ4v) is 5.84. The van der Waals surface area contributed by atoms with Crippen LogP contribution in [0.3, 0.4) is 0 Å². The van der Waals surface area contributed by atoms with Gasteiger partial charge in [-0.3, -0.25) is 4.79 Å². The van der Waals surface area contributed by atoms with Crippen LogP contribution in [0.25, 0.3) is 0 Å². The van der Waals surface area contributed by atoms with Crippen LogP contribution in [-0.2, 0) is 4.79 Å². The van der Waals surface area contributed by atoms with Crippen molar-refractivity contribution in [2.24, 2.45) is 0 Å². The highest BCUT2D eigenvalue weighted by atomic mass is 32.2. The third-order valence-corrected chi connectivity index (χ3v) is 6.85. The SMILES string of the molecule is CN1CC2=CSC3=C(C(=O)O)C(=O)c4cc(F)c(N5CCC(O)C5)c1c4C23. The van der Waals surface area contributed by atoms with E-state index in [2.05, 4.69) is 0 Å². The molecular formula is C19H17FN2O4S. The first-order valence-corrected chi connectivity index (χ1v) is 9.64. The van der Waals surface area contributed by atoms with Gasteiger partial charge in [-0.2, -0.15) is 0 Å². The van der Waals surface area contributed by atoms with Gasteiger partial charge in [-0.1, -0.05) is 0 Å². The minimum atomic E-state index is -1.27. The normalized spacial score (nSPS) is 25.9. The summed E-state index contributed by atoms with van der Waals surface area (Å²) in [5.41, 5.74) is 2.65. The van der Waals surface area contributed by atoms with Crippen molar-refractivity contribution in [1.29, 1.82) is 0 Å². The lowest BCUT2D eigenvalue weighted by Gasteiger charge is -2.40. The smallest absolute Gasteiger partial charge is 0.340 e. The van der Waals surface area contributed by atoms with Gasteiger partial charge in [-0.05, 0) is 23.5 Å². The Morgan fingerprint density at radius 1 is 1.37 bits per heavy atom. The minimum absolute atomic E-state index is 0.136. The van der Waals surface area contributed by atoms with E-state index in [-0.39, 0.29) is 17.1 Å². The number of nitrogens with zero attached hydrogens (tertiary/aromatic N) is 2. The molecule has 0 amide bonds. The summed E-state index contributed by atoms with van der Waals surface area (Å²) in [4.78, 5) is 28.9. The van der Waals surface area contributed by atoms with Crippen molar-refractivity contribution in [2.75, 3.05) is 36.5 Å². The Kier molecular flexibility index (Phi) is 3.48. The number of β-amino-alcohol motifs (C(OH)–C–C–N with tert-alkyl or cyclic N) is 1. The molecule has 0 bridgehead atoms. The first kappa shape index (κ1) is 16.8. The van der Waals surface area contributed by atoms with Crippen molar-refractivity contribution in [3.63, 3.8) is 0 Å². The lowest BCUT2D eigenvalue weighted by molar-refractivity contribution is -0.132. The van der Waals surface area contributed by atoms with Crippen molar-refractivity contribution in [2.45, 2.75) is 18.4 Å². The second kappa shape index (κ2) is 5.59. The summed E-state index contributed by atoms with van der Waals surface area (Å²) >= 11 is 1.28. The highest BCUT2D eigenvalue weighted by Gasteiger charge is 2.47. The number of allylic oxidation sites excluding steroid dienone is 1. The molecule has 3 aliphatic heterocycles. The molecule has 1 saturated heterocycles. The number of carbonyl (C=O) groups is 2. The first-order valence-electron chi connectivity index (χ1n) is 8.76. The van der Waals surface area contributed by atoms with E-state index in [1.807, 2.05) is 22.3 Å². The molecule has 2 N–H and O–H groups in total. The van der Waals surface area contributed by atoms with Crippen molar-refractivity contribution in [3.8, 4) is 0 Å². The highest BCUT2D eigenvalue weighted by Crippen LogP contribution is 2.58. The molecule has 5 rings (SSSR count). The van der Waals surface area contributed by atoms with Crippen LogP contribution >= 0.6 is 11.8 Å². The van der Waals surface area contributed by atoms with Crippen LogP contribution < -0.4 is 9.80 Å². The highest BCUT2D eigenvalue weighted by molar-refractivity contribution is 8.06. The van der Waals surface area contributed by atoms with Crippen molar-refractivity contribution in [1.82, 2.24) is 0 Å². The number of ketones is 1. The molecule has 0 aromatic heterocycles. The zero-order valence-corrected chi connectivity index (χ0v) is 15.3. The Morgan fingerprint density at radius 3 is 2.81 bits per heavy atom. The number of halogens is 1. The first-order chi connectivity index (χ1) is 12.9. The largest absolute Gasteiger partial charge is 0.478 e. The van der Waals surface area contributed by atoms with Crippen molar-refractivity contribution >= 4 is 34.9 Å². The molecule has 1 fully saturated rings. The van der Waals surface area contributed by atoms with Crippen LogP contribution in [0, 0.1) is 5.82 Å². The van der Waals surface area contributed by atoms with Gasteiger partial charge in [-0.15, -0.1) is 11.8 Å². The molecule has 3 heterocycles. The molecule has 0 saturated carbocycles. The predicted molar refractivity (Wildman–Crippen MR) is 99.9 cm³/mol. The average Bonchev–Trinajstić information content (AvgIpc) is 3.20. The number of rotatable bonds is 2. The lowest BCUT2D eigenvalue weighted by atomic mass is 9.75. The molecule has 0 radical (unpaired) electrons. The summed E-state index contributed by atoms with van der Waals surface area (Å²) in [6.45, 7) is 1.42. The molecule has 140 valence electrons. The van der Waals surface area contributed by atoms with Gasteiger partial charge in [0, 0.05) is 48.6 Å². The van der Waals surface area contributed by atoms with E-state index in [0.717, 1.165) is 5.57 Å². The Morgan fingerprint density at radius 2 is 2.15 bits per heavy atom. The maximum atomic E-state index is 15.2. The number of aliphatic hydroxyl groups excluding tert-OH is 1. The van der Waals surface area contributed by atoms with Crippen molar-refractivity contribution in [3.05, 3.63) is 44.5 Å². The molecule has 6 nitrogen and oxygen atoms in total. The molecular weight excluding hydrogens is 371 g/mol. The summed E-state index contributed by atoms with van der Waals surface area (Å²) in [5.74, 6) is -2.75. The van der Waals surface area contributed by atoms with Gasteiger partial charge in [0.05, 0.1) is 17.5 Å². The third kappa shape index (κ3) is 2.17. The minimum Gasteiger partial charge on any atom is -0.478 e. The second-order valence-corrected chi connectivity index (χ2v) is 8.29. The molecule has 2 unspecified atom stereocenters. The maximum Gasteiger partial charge on any atom is 0.340 e. The van der Waals surface area contributed by atoms with Gasteiger partial charge >= 0.3 is 5.97 Å². The quantitative estimate of drug-likeness (QED) is 0.751. The van der Waals surface area contributed by atoms with Crippen LogP contribution in [0.4, 0.5) is 15.8 Å². The number of aliphatic carboxylic acids is 1. The van der Waals surface area contributed by atoms with Crippen LogP contribution in [0.2, 0.25) is 0 Å². The predicted octanol–water partition coefficient (Wildman–Crippen LogP) is 2.10. The van der Waals surface area contributed by atoms with Gasteiger partial charge in [-0.25, -0.2) is 9.18 Å². The van der Waals surface area contributed by atoms with Gasteiger partial charge in [0.2, 0.25) is 5.78 Å². The number of aliphatic hydroxyl groups is 1. The number of carbonyl (C=O) groups excluding carboxylic acids is 1. The number of benzene rings is 1. The van der Waals surface area contributed by atoms with Crippen LogP contribution in [-0.4, -0.2) is 54.8 Å². The maximum absolute atomic E-state index is 15.2. The van der Waals surface area contributed by atoms with E-state index in [1.54, 1.807) is 0 Å². The summed E-state index contributed by atoms with van der Waals surface area (Å²) in [5, 5.41) is 21.4. The molecule has 0 spiro atoms. The van der Waals surface area contributed by atoms with Gasteiger partial charge < -0.3 is 20.0 Å². The third-order valence-electron chi connectivity index (χ3n) is 5.74.